The molecule has 2 fully saturated rings. The van der Waals surface area contributed by atoms with Gasteiger partial charge in [-0.2, -0.15) is 0 Å². The standard InChI is InChI=1S/C14H24N2O/c1-4-9-16(11(2)3)13(17)12-10-14(12)5-7-15-8-6-14/h4,11-12,15H,1,5-10H2,2-3H3. The zero-order valence-corrected chi connectivity index (χ0v) is 11.0. The van der Waals surface area contributed by atoms with E-state index in [1.165, 1.54) is 12.8 Å². The van der Waals surface area contributed by atoms with Crippen LogP contribution in [0.1, 0.15) is 33.1 Å². The Kier molecular flexibility index (Phi) is 3.57. The molecule has 0 aromatic heterocycles. The molecule has 2 aliphatic rings. The predicted molar refractivity (Wildman–Crippen MR) is 69.7 cm³/mol. The molecule has 1 atom stereocenters. The van der Waals surface area contributed by atoms with Crippen LogP contribution in [-0.2, 0) is 4.79 Å². The Morgan fingerprint density at radius 1 is 1.53 bits per heavy atom. The summed E-state index contributed by atoms with van der Waals surface area (Å²) in [5.41, 5.74) is 0.344. The summed E-state index contributed by atoms with van der Waals surface area (Å²) >= 11 is 0. The Hall–Kier alpha value is -0.830. The summed E-state index contributed by atoms with van der Waals surface area (Å²) in [5, 5.41) is 3.38. The fourth-order valence-corrected chi connectivity index (χ4v) is 3.07. The van der Waals surface area contributed by atoms with Gasteiger partial charge >= 0.3 is 0 Å². The number of hydrogen-bond donors (Lipinski definition) is 1. The summed E-state index contributed by atoms with van der Waals surface area (Å²) in [7, 11) is 0. The van der Waals surface area contributed by atoms with Crippen LogP contribution >= 0.6 is 0 Å². The maximum absolute atomic E-state index is 12.5. The van der Waals surface area contributed by atoms with E-state index in [1.54, 1.807) is 0 Å². The molecule has 0 radical (unpaired) electrons. The van der Waals surface area contributed by atoms with Crippen LogP contribution in [0.25, 0.3) is 0 Å². The maximum Gasteiger partial charge on any atom is 0.226 e. The lowest BCUT2D eigenvalue weighted by molar-refractivity contribution is -0.134. The van der Waals surface area contributed by atoms with Crippen LogP contribution in [0.4, 0.5) is 0 Å². The highest BCUT2D eigenvalue weighted by Gasteiger charge is 2.58. The largest absolute Gasteiger partial charge is 0.336 e. The second-order valence-electron chi connectivity index (χ2n) is 5.74. The molecule has 17 heavy (non-hydrogen) atoms. The highest BCUT2D eigenvalue weighted by molar-refractivity contribution is 5.83. The monoisotopic (exact) mass is 236 g/mol. The van der Waals surface area contributed by atoms with Gasteiger partial charge in [-0.1, -0.05) is 6.08 Å². The lowest BCUT2D eigenvalue weighted by Crippen LogP contribution is -2.40. The summed E-state index contributed by atoms with van der Waals surface area (Å²) in [4.78, 5) is 14.4. The first-order chi connectivity index (χ1) is 8.10. The van der Waals surface area contributed by atoms with E-state index in [4.69, 9.17) is 0 Å². The van der Waals surface area contributed by atoms with E-state index in [2.05, 4.69) is 25.7 Å². The van der Waals surface area contributed by atoms with Crippen molar-refractivity contribution >= 4 is 5.91 Å². The van der Waals surface area contributed by atoms with E-state index in [1.807, 2.05) is 11.0 Å². The number of piperidine rings is 1. The van der Waals surface area contributed by atoms with Crippen molar-refractivity contribution in [3.05, 3.63) is 12.7 Å². The van der Waals surface area contributed by atoms with Gasteiger partial charge in [-0.15, -0.1) is 6.58 Å². The highest BCUT2D eigenvalue weighted by Crippen LogP contribution is 2.59. The van der Waals surface area contributed by atoms with Gasteiger partial charge in [0.05, 0.1) is 0 Å². The molecule has 0 bridgehead atoms. The molecule has 96 valence electrons. The Morgan fingerprint density at radius 2 is 2.18 bits per heavy atom. The van der Waals surface area contributed by atoms with Crippen LogP contribution in [0, 0.1) is 11.3 Å². The van der Waals surface area contributed by atoms with Gasteiger partial charge in [-0.05, 0) is 51.6 Å². The third-order valence-corrected chi connectivity index (χ3v) is 4.32. The minimum Gasteiger partial charge on any atom is -0.336 e. The third kappa shape index (κ3) is 2.39. The van der Waals surface area contributed by atoms with E-state index in [0.29, 0.717) is 17.9 Å². The van der Waals surface area contributed by atoms with Gasteiger partial charge in [0, 0.05) is 18.5 Å². The summed E-state index contributed by atoms with van der Waals surface area (Å²) in [5.74, 6) is 0.633. The van der Waals surface area contributed by atoms with E-state index < -0.39 is 0 Å². The second-order valence-corrected chi connectivity index (χ2v) is 5.74. The van der Waals surface area contributed by atoms with Crippen LogP contribution in [0.5, 0.6) is 0 Å². The molecule has 1 saturated carbocycles. The van der Waals surface area contributed by atoms with Gasteiger partial charge in [0.25, 0.3) is 0 Å². The molecule has 1 amide bonds. The lowest BCUT2D eigenvalue weighted by Gasteiger charge is -2.28. The van der Waals surface area contributed by atoms with Crippen LogP contribution in [0.15, 0.2) is 12.7 Å². The molecule has 1 unspecified atom stereocenters. The van der Waals surface area contributed by atoms with Crippen LogP contribution in [0.3, 0.4) is 0 Å². The zero-order valence-electron chi connectivity index (χ0n) is 11.0. The minimum absolute atomic E-state index is 0.278. The Balaban J connectivity index is 1.98. The highest BCUT2D eigenvalue weighted by atomic mass is 16.2. The van der Waals surface area contributed by atoms with Crippen LogP contribution in [-0.4, -0.2) is 36.5 Å². The summed E-state index contributed by atoms with van der Waals surface area (Å²) < 4.78 is 0. The van der Waals surface area contributed by atoms with Crippen molar-refractivity contribution in [2.24, 2.45) is 11.3 Å². The third-order valence-electron chi connectivity index (χ3n) is 4.32. The first-order valence-electron chi connectivity index (χ1n) is 6.73. The van der Waals surface area contributed by atoms with Crippen LogP contribution in [0.2, 0.25) is 0 Å². The number of nitrogens with one attached hydrogen (secondary N) is 1. The first kappa shape index (κ1) is 12.6. The molecule has 2 rings (SSSR count). The molecule has 1 aliphatic heterocycles. The second kappa shape index (κ2) is 4.81. The predicted octanol–water partition coefficient (Wildman–Crippen LogP) is 1.80. The minimum atomic E-state index is 0.278. The van der Waals surface area contributed by atoms with Gasteiger partial charge in [-0.3, -0.25) is 4.79 Å². The van der Waals surface area contributed by atoms with Gasteiger partial charge in [-0.25, -0.2) is 0 Å². The smallest absolute Gasteiger partial charge is 0.226 e. The number of amides is 1. The molecule has 1 N–H and O–H groups in total. The molecule has 1 saturated heterocycles. The fraction of sp³-hybridized carbons (Fsp3) is 0.786. The van der Waals surface area contributed by atoms with Crippen molar-refractivity contribution in [3.63, 3.8) is 0 Å². The molecule has 1 spiro atoms. The van der Waals surface area contributed by atoms with Gasteiger partial charge < -0.3 is 10.2 Å². The van der Waals surface area contributed by atoms with Gasteiger partial charge in [0.15, 0.2) is 0 Å². The fourth-order valence-electron chi connectivity index (χ4n) is 3.07. The van der Waals surface area contributed by atoms with Gasteiger partial charge in [0.1, 0.15) is 0 Å². The molecule has 3 nitrogen and oxygen atoms in total. The van der Waals surface area contributed by atoms with E-state index in [9.17, 15) is 4.79 Å². The molecule has 1 heterocycles. The molecular weight excluding hydrogens is 212 g/mol. The van der Waals surface area contributed by atoms with Crippen molar-refractivity contribution in [1.29, 1.82) is 0 Å². The van der Waals surface area contributed by atoms with E-state index in [0.717, 1.165) is 19.5 Å². The van der Waals surface area contributed by atoms with E-state index >= 15 is 0 Å². The van der Waals surface area contributed by atoms with Crippen molar-refractivity contribution in [3.8, 4) is 0 Å². The van der Waals surface area contributed by atoms with E-state index in [-0.39, 0.29) is 12.0 Å². The zero-order chi connectivity index (χ0) is 12.5. The normalized spacial score (nSPS) is 25.9. The van der Waals surface area contributed by atoms with Crippen molar-refractivity contribution < 1.29 is 4.79 Å². The molecule has 1 aliphatic carbocycles. The van der Waals surface area contributed by atoms with Crippen molar-refractivity contribution in [1.82, 2.24) is 10.2 Å². The maximum atomic E-state index is 12.5. The number of rotatable bonds is 4. The first-order valence-corrected chi connectivity index (χ1v) is 6.73. The molecular formula is C14H24N2O. The Morgan fingerprint density at radius 3 is 2.71 bits per heavy atom. The summed E-state index contributed by atoms with van der Waals surface area (Å²) in [6.45, 7) is 10.7. The average Bonchev–Trinajstić information content (AvgIpc) is 2.99. The van der Waals surface area contributed by atoms with Crippen LogP contribution < -0.4 is 5.32 Å². The Bertz CT molecular complexity index is 305. The number of carbonyl (C=O) groups is 1. The number of hydrogen-bond acceptors (Lipinski definition) is 2. The topological polar surface area (TPSA) is 32.3 Å². The average molecular weight is 236 g/mol. The number of carbonyl (C=O) groups excluding carboxylic acids is 1. The number of nitrogens with zero attached hydrogens (tertiary/aromatic N) is 1. The SMILES string of the molecule is C=CCN(C(=O)C1CC12CCNCC2)C(C)C. The molecule has 0 aromatic rings. The van der Waals surface area contributed by atoms with Crippen molar-refractivity contribution in [2.45, 2.75) is 39.2 Å². The summed E-state index contributed by atoms with van der Waals surface area (Å²) in [6.07, 6.45) is 5.27. The quantitative estimate of drug-likeness (QED) is 0.755. The van der Waals surface area contributed by atoms with Gasteiger partial charge in [0.2, 0.25) is 5.91 Å². The molecule has 0 aromatic carbocycles. The molecule has 3 heteroatoms. The summed E-state index contributed by atoms with van der Waals surface area (Å²) in [6, 6.07) is 0.278. The Labute approximate surface area is 104 Å². The lowest BCUT2D eigenvalue weighted by atomic mass is 9.91. The van der Waals surface area contributed by atoms with Crippen molar-refractivity contribution in [2.75, 3.05) is 19.6 Å².